The van der Waals surface area contributed by atoms with E-state index in [1.54, 1.807) is 0 Å². The van der Waals surface area contributed by atoms with Gasteiger partial charge in [-0.15, -0.1) is 0 Å². The van der Waals surface area contributed by atoms with Gasteiger partial charge in [0.1, 0.15) is 0 Å². The van der Waals surface area contributed by atoms with E-state index in [2.05, 4.69) is 54.0 Å². The number of alkyl halides is 1. The number of rotatable bonds is 3. The molecular formula is C12H14BrN. The maximum Gasteiger partial charge on any atom is 0.0668 e. The van der Waals surface area contributed by atoms with E-state index in [9.17, 15) is 0 Å². The summed E-state index contributed by atoms with van der Waals surface area (Å²) in [6, 6.07) is 8.75. The third-order valence-electron chi connectivity index (χ3n) is 2.13. The molecule has 14 heavy (non-hydrogen) atoms. The molecule has 0 aromatic heterocycles. The zero-order valence-corrected chi connectivity index (χ0v) is 10.1. The zero-order chi connectivity index (χ0) is 10.6. The van der Waals surface area contributed by atoms with Gasteiger partial charge in [-0.1, -0.05) is 45.3 Å². The van der Waals surface area contributed by atoms with E-state index in [0.717, 1.165) is 11.8 Å². The summed E-state index contributed by atoms with van der Waals surface area (Å²) in [5, 5.41) is 9.59. The summed E-state index contributed by atoms with van der Waals surface area (Å²) in [5.41, 5.74) is 3.80. The van der Waals surface area contributed by atoms with Gasteiger partial charge in [-0.2, -0.15) is 5.26 Å². The van der Waals surface area contributed by atoms with Crippen LogP contribution in [0.3, 0.4) is 0 Å². The van der Waals surface area contributed by atoms with Crippen LogP contribution in [0, 0.1) is 31.1 Å². The standard InChI is InChI=1S/C12H14BrN/c1-9-3-10(2)5-11(4-9)6-12(7-13)8-14/h3-5,12H,6-7H2,1-2H3. The van der Waals surface area contributed by atoms with Crippen molar-refractivity contribution in [3.8, 4) is 6.07 Å². The van der Waals surface area contributed by atoms with Crippen LogP contribution in [0.4, 0.5) is 0 Å². The van der Waals surface area contributed by atoms with Gasteiger partial charge in [-0.25, -0.2) is 0 Å². The maximum atomic E-state index is 8.85. The molecule has 0 amide bonds. The summed E-state index contributed by atoms with van der Waals surface area (Å²) in [6.07, 6.45) is 0.838. The first-order valence-corrected chi connectivity index (χ1v) is 5.80. The lowest BCUT2D eigenvalue weighted by Gasteiger charge is -2.07. The zero-order valence-electron chi connectivity index (χ0n) is 8.55. The Morgan fingerprint density at radius 3 is 2.29 bits per heavy atom. The maximum absolute atomic E-state index is 8.85. The predicted molar refractivity (Wildman–Crippen MR) is 62.5 cm³/mol. The van der Waals surface area contributed by atoms with Crippen LogP contribution in [0.15, 0.2) is 18.2 Å². The van der Waals surface area contributed by atoms with Crippen molar-refractivity contribution in [2.24, 2.45) is 5.92 Å². The molecule has 0 saturated heterocycles. The number of halogens is 1. The summed E-state index contributed by atoms with van der Waals surface area (Å²) in [5.74, 6) is 0.0798. The second-order valence-corrected chi connectivity index (χ2v) is 4.33. The lowest BCUT2D eigenvalue weighted by Crippen LogP contribution is -2.03. The third-order valence-corrected chi connectivity index (χ3v) is 2.91. The van der Waals surface area contributed by atoms with Gasteiger partial charge >= 0.3 is 0 Å². The normalized spacial score (nSPS) is 12.1. The van der Waals surface area contributed by atoms with Crippen LogP contribution < -0.4 is 0 Å². The SMILES string of the molecule is Cc1cc(C)cc(CC(C#N)CBr)c1. The molecule has 1 unspecified atom stereocenters. The van der Waals surface area contributed by atoms with Crippen LogP contribution in [0.5, 0.6) is 0 Å². The van der Waals surface area contributed by atoms with E-state index in [1.807, 2.05) is 0 Å². The monoisotopic (exact) mass is 251 g/mol. The van der Waals surface area contributed by atoms with E-state index in [4.69, 9.17) is 5.26 Å². The van der Waals surface area contributed by atoms with E-state index >= 15 is 0 Å². The molecule has 1 aromatic carbocycles. The fourth-order valence-electron chi connectivity index (χ4n) is 1.61. The Labute approximate surface area is 93.9 Å². The van der Waals surface area contributed by atoms with Gasteiger partial charge in [0, 0.05) is 5.33 Å². The fourth-order valence-corrected chi connectivity index (χ4v) is 1.98. The lowest BCUT2D eigenvalue weighted by atomic mass is 9.99. The smallest absolute Gasteiger partial charge is 0.0668 e. The largest absolute Gasteiger partial charge is 0.198 e. The fraction of sp³-hybridized carbons (Fsp3) is 0.417. The molecule has 0 aliphatic heterocycles. The van der Waals surface area contributed by atoms with E-state index in [-0.39, 0.29) is 5.92 Å². The van der Waals surface area contributed by atoms with Crippen molar-refractivity contribution in [1.29, 1.82) is 5.26 Å². The minimum absolute atomic E-state index is 0.0798. The summed E-state index contributed by atoms with van der Waals surface area (Å²) in [6.45, 7) is 4.18. The highest BCUT2D eigenvalue weighted by Crippen LogP contribution is 2.14. The molecule has 0 fully saturated rings. The molecule has 1 aromatic rings. The Hall–Kier alpha value is -0.810. The molecule has 0 bridgehead atoms. The molecule has 2 heteroatoms. The Balaban J connectivity index is 2.82. The third kappa shape index (κ3) is 3.16. The van der Waals surface area contributed by atoms with Crippen molar-refractivity contribution < 1.29 is 0 Å². The summed E-state index contributed by atoms with van der Waals surface area (Å²) < 4.78 is 0. The van der Waals surface area contributed by atoms with Crippen molar-refractivity contribution >= 4 is 15.9 Å². The number of nitriles is 1. The molecule has 0 heterocycles. The summed E-state index contributed by atoms with van der Waals surface area (Å²) in [7, 11) is 0. The molecule has 0 aliphatic rings. The average molecular weight is 252 g/mol. The van der Waals surface area contributed by atoms with E-state index < -0.39 is 0 Å². The van der Waals surface area contributed by atoms with E-state index in [1.165, 1.54) is 16.7 Å². The lowest BCUT2D eigenvalue weighted by molar-refractivity contribution is 0.755. The van der Waals surface area contributed by atoms with Gasteiger partial charge in [0.15, 0.2) is 0 Å². The molecule has 1 nitrogen and oxygen atoms in total. The first-order chi connectivity index (χ1) is 6.65. The Bertz CT molecular complexity index is 332. The van der Waals surface area contributed by atoms with Gasteiger partial charge in [0.25, 0.3) is 0 Å². The highest BCUT2D eigenvalue weighted by Gasteiger charge is 2.06. The number of hydrogen-bond donors (Lipinski definition) is 0. The molecule has 0 saturated carbocycles. The Morgan fingerprint density at radius 2 is 1.86 bits per heavy atom. The Kier molecular flexibility index (Phi) is 4.16. The molecule has 1 atom stereocenters. The first kappa shape index (κ1) is 11.3. The highest BCUT2D eigenvalue weighted by atomic mass is 79.9. The first-order valence-electron chi connectivity index (χ1n) is 4.68. The number of benzene rings is 1. The molecule has 0 radical (unpaired) electrons. The van der Waals surface area contributed by atoms with E-state index in [0.29, 0.717) is 0 Å². The second kappa shape index (κ2) is 5.17. The average Bonchev–Trinajstić information content (AvgIpc) is 2.12. The summed E-state index contributed by atoms with van der Waals surface area (Å²) >= 11 is 3.35. The van der Waals surface area contributed by atoms with Crippen LogP contribution in [0.2, 0.25) is 0 Å². The van der Waals surface area contributed by atoms with Crippen molar-refractivity contribution in [2.45, 2.75) is 20.3 Å². The van der Waals surface area contributed by atoms with Gasteiger partial charge in [-0.3, -0.25) is 0 Å². The highest BCUT2D eigenvalue weighted by molar-refractivity contribution is 9.09. The van der Waals surface area contributed by atoms with Crippen LogP contribution in [0.25, 0.3) is 0 Å². The second-order valence-electron chi connectivity index (χ2n) is 3.68. The van der Waals surface area contributed by atoms with Crippen molar-refractivity contribution in [2.75, 3.05) is 5.33 Å². The van der Waals surface area contributed by atoms with Crippen molar-refractivity contribution in [3.63, 3.8) is 0 Å². The van der Waals surface area contributed by atoms with Crippen molar-refractivity contribution in [3.05, 3.63) is 34.9 Å². The minimum atomic E-state index is 0.0798. The van der Waals surface area contributed by atoms with Gasteiger partial charge < -0.3 is 0 Å². The van der Waals surface area contributed by atoms with Crippen LogP contribution in [-0.2, 0) is 6.42 Å². The molecule has 0 spiro atoms. The van der Waals surface area contributed by atoms with Gasteiger partial charge in [0.2, 0.25) is 0 Å². The van der Waals surface area contributed by atoms with Gasteiger partial charge in [0.05, 0.1) is 12.0 Å². The van der Waals surface area contributed by atoms with Gasteiger partial charge in [-0.05, 0) is 25.8 Å². The molecule has 0 N–H and O–H groups in total. The molecular weight excluding hydrogens is 238 g/mol. The molecule has 1 rings (SSSR count). The van der Waals surface area contributed by atoms with Crippen molar-refractivity contribution in [1.82, 2.24) is 0 Å². The summed E-state index contributed by atoms with van der Waals surface area (Å²) in [4.78, 5) is 0. The quantitative estimate of drug-likeness (QED) is 0.756. The Morgan fingerprint density at radius 1 is 1.29 bits per heavy atom. The minimum Gasteiger partial charge on any atom is -0.198 e. The topological polar surface area (TPSA) is 23.8 Å². The number of aryl methyl sites for hydroxylation is 2. The van der Waals surface area contributed by atoms with Crippen LogP contribution in [0.1, 0.15) is 16.7 Å². The number of nitrogens with zero attached hydrogens (tertiary/aromatic N) is 1. The molecule has 74 valence electrons. The van der Waals surface area contributed by atoms with Crippen LogP contribution in [-0.4, -0.2) is 5.33 Å². The number of hydrogen-bond acceptors (Lipinski definition) is 1. The predicted octanol–water partition coefficient (Wildman–Crippen LogP) is 3.38. The van der Waals surface area contributed by atoms with Crippen LogP contribution >= 0.6 is 15.9 Å². The molecule has 0 aliphatic carbocycles.